The Morgan fingerprint density at radius 1 is 0.767 bits per heavy atom. The molecule has 7 heteroatoms. The van der Waals surface area contributed by atoms with Crippen molar-refractivity contribution in [3.05, 3.63) is 70.8 Å². The second-order valence-corrected chi connectivity index (χ2v) is 6.90. The van der Waals surface area contributed by atoms with Gasteiger partial charge < -0.3 is 9.47 Å². The summed E-state index contributed by atoms with van der Waals surface area (Å²) >= 11 is 0. The van der Waals surface area contributed by atoms with Gasteiger partial charge in [0.1, 0.15) is 6.61 Å². The summed E-state index contributed by atoms with van der Waals surface area (Å²) in [6.07, 6.45) is 0.874. The summed E-state index contributed by atoms with van der Waals surface area (Å²) in [6.45, 7) is 2.34. The Hall–Kier alpha value is -2.83. The van der Waals surface area contributed by atoms with Crippen molar-refractivity contribution in [3.63, 3.8) is 0 Å². The molecule has 0 heterocycles. The molecule has 2 aromatic carbocycles. The van der Waals surface area contributed by atoms with E-state index in [1.165, 1.54) is 42.8 Å². The lowest BCUT2D eigenvalue weighted by molar-refractivity contribution is -0.137. The zero-order valence-electron chi connectivity index (χ0n) is 16.8. The predicted molar refractivity (Wildman–Crippen MR) is 106 cm³/mol. The molecule has 0 radical (unpaired) electrons. The molecule has 2 aromatic rings. The van der Waals surface area contributed by atoms with Crippen molar-refractivity contribution < 1.29 is 32.2 Å². The lowest BCUT2D eigenvalue weighted by atomic mass is 10.1. The summed E-state index contributed by atoms with van der Waals surface area (Å²) in [7, 11) is 0. The molecule has 0 aliphatic heterocycles. The van der Waals surface area contributed by atoms with Gasteiger partial charge in [-0.2, -0.15) is 13.2 Å². The first-order valence-electron chi connectivity index (χ1n) is 9.91. The van der Waals surface area contributed by atoms with E-state index in [9.17, 15) is 22.8 Å². The summed E-state index contributed by atoms with van der Waals surface area (Å²) in [5.74, 6) is -1.08. The average Bonchev–Trinajstić information content (AvgIpc) is 2.74. The molecule has 0 aromatic heterocycles. The van der Waals surface area contributed by atoms with Crippen LogP contribution in [0.25, 0.3) is 0 Å². The summed E-state index contributed by atoms with van der Waals surface area (Å²) < 4.78 is 48.0. The number of esters is 2. The topological polar surface area (TPSA) is 52.6 Å². The van der Waals surface area contributed by atoms with E-state index in [1.807, 2.05) is 0 Å². The Kier molecular flexibility index (Phi) is 8.89. The van der Waals surface area contributed by atoms with Crippen LogP contribution < -0.4 is 0 Å². The number of benzene rings is 2. The van der Waals surface area contributed by atoms with Crippen LogP contribution >= 0.6 is 0 Å². The Morgan fingerprint density at radius 3 is 1.83 bits per heavy atom. The predicted octanol–water partition coefficient (Wildman–Crippen LogP) is 6.19. The van der Waals surface area contributed by atoms with Crippen LogP contribution in [0, 0.1) is 0 Å². The number of halogens is 3. The van der Waals surface area contributed by atoms with E-state index in [0.717, 1.165) is 37.8 Å². The maximum Gasteiger partial charge on any atom is 0.416 e. The average molecular weight is 422 g/mol. The fourth-order valence-electron chi connectivity index (χ4n) is 2.72. The van der Waals surface area contributed by atoms with Crippen molar-refractivity contribution >= 4 is 11.9 Å². The molecule has 0 saturated heterocycles. The molecule has 0 N–H and O–H groups in total. The first kappa shape index (κ1) is 23.4. The second-order valence-electron chi connectivity index (χ2n) is 6.90. The monoisotopic (exact) mass is 422 g/mol. The SMILES string of the molecule is CCCCCCCOC(=O)c1ccc(C(=O)OCc2ccc(C(F)(F)F)cc2)cc1. The zero-order valence-corrected chi connectivity index (χ0v) is 16.8. The van der Waals surface area contributed by atoms with E-state index in [2.05, 4.69) is 6.92 Å². The molecule has 4 nitrogen and oxygen atoms in total. The van der Waals surface area contributed by atoms with Gasteiger partial charge in [-0.3, -0.25) is 0 Å². The second kappa shape index (κ2) is 11.4. The third-order valence-corrected chi connectivity index (χ3v) is 4.49. The fraction of sp³-hybridized carbons (Fsp3) is 0.391. The molecule has 2 rings (SSSR count). The third kappa shape index (κ3) is 7.54. The van der Waals surface area contributed by atoms with Crippen molar-refractivity contribution in [1.82, 2.24) is 0 Å². The lowest BCUT2D eigenvalue weighted by Crippen LogP contribution is -2.09. The number of carbonyl (C=O) groups is 2. The van der Waals surface area contributed by atoms with Crippen LogP contribution in [0.4, 0.5) is 13.2 Å². The normalized spacial score (nSPS) is 11.2. The maximum atomic E-state index is 12.6. The molecule has 162 valence electrons. The molecule has 0 fully saturated rings. The summed E-state index contributed by atoms with van der Waals surface area (Å²) in [5, 5.41) is 0. The minimum Gasteiger partial charge on any atom is -0.462 e. The van der Waals surface area contributed by atoms with Gasteiger partial charge in [-0.15, -0.1) is 0 Å². The Balaban J connectivity index is 1.79. The smallest absolute Gasteiger partial charge is 0.416 e. The highest BCUT2D eigenvalue weighted by Crippen LogP contribution is 2.29. The number of rotatable bonds is 10. The highest BCUT2D eigenvalue weighted by atomic mass is 19.4. The standard InChI is InChI=1S/C23H25F3O4/c1-2-3-4-5-6-15-29-21(27)18-9-11-19(12-10-18)22(28)30-16-17-7-13-20(14-8-17)23(24,25)26/h7-14H,2-6,15-16H2,1H3. The molecule has 0 unspecified atom stereocenters. The van der Waals surface area contributed by atoms with Gasteiger partial charge in [0.15, 0.2) is 0 Å². The summed E-state index contributed by atoms with van der Waals surface area (Å²) in [4.78, 5) is 24.1. The molecule has 30 heavy (non-hydrogen) atoms. The molecule has 0 atom stereocenters. The Morgan fingerprint density at radius 2 is 1.30 bits per heavy atom. The maximum absolute atomic E-state index is 12.6. The molecule has 0 aliphatic carbocycles. The van der Waals surface area contributed by atoms with Gasteiger partial charge in [0.05, 0.1) is 23.3 Å². The minimum absolute atomic E-state index is 0.154. The van der Waals surface area contributed by atoms with Crippen LogP contribution in [0.1, 0.15) is 70.9 Å². The van der Waals surface area contributed by atoms with Crippen molar-refractivity contribution in [2.75, 3.05) is 6.61 Å². The Bertz CT molecular complexity index is 812. The van der Waals surface area contributed by atoms with Gasteiger partial charge in [0.25, 0.3) is 0 Å². The molecular weight excluding hydrogens is 397 g/mol. The number of hydrogen-bond acceptors (Lipinski definition) is 4. The van der Waals surface area contributed by atoms with Gasteiger partial charge in [0.2, 0.25) is 0 Å². The lowest BCUT2D eigenvalue weighted by Gasteiger charge is -2.09. The van der Waals surface area contributed by atoms with E-state index < -0.39 is 23.7 Å². The van der Waals surface area contributed by atoms with Crippen LogP contribution in [-0.2, 0) is 22.3 Å². The molecule has 0 saturated carbocycles. The first-order chi connectivity index (χ1) is 14.3. The van der Waals surface area contributed by atoms with Crippen LogP contribution in [0.3, 0.4) is 0 Å². The van der Waals surface area contributed by atoms with E-state index in [-0.39, 0.29) is 12.2 Å². The molecule has 0 spiro atoms. The highest BCUT2D eigenvalue weighted by molar-refractivity contribution is 5.93. The fourth-order valence-corrected chi connectivity index (χ4v) is 2.72. The van der Waals surface area contributed by atoms with E-state index in [1.54, 1.807) is 0 Å². The van der Waals surface area contributed by atoms with Crippen LogP contribution in [0.5, 0.6) is 0 Å². The molecular formula is C23H25F3O4. The Labute approximate surface area is 174 Å². The minimum atomic E-state index is -4.41. The van der Waals surface area contributed by atoms with Gasteiger partial charge in [-0.1, -0.05) is 44.7 Å². The van der Waals surface area contributed by atoms with Crippen LogP contribution in [-0.4, -0.2) is 18.5 Å². The highest BCUT2D eigenvalue weighted by Gasteiger charge is 2.29. The van der Waals surface area contributed by atoms with Gasteiger partial charge >= 0.3 is 18.1 Å². The van der Waals surface area contributed by atoms with Crippen LogP contribution in [0.2, 0.25) is 0 Å². The quantitative estimate of drug-likeness (QED) is 0.338. The van der Waals surface area contributed by atoms with Gasteiger partial charge in [-0.25, -0.2) is 9.59 Å². The number of ether oxygens (including phenoxy) is 2. The van der Waals surface area contributed by atoms with E-state index in [4.69, 9.17) is 9.47 Å². The first-order valence-corrected chi connectivity index (χ1v) is 9.91. The van der Waals surface area contributed by atoms with Crippen molar-refractivity contribution in [2.24, 2.45) is 0 Å². The van der Waals surface area contributed by atoms with Crippen molar-refractivity contribution in [1.29, 1.82) is 0 Å². The number of unbranched alkanes of at least 4 members (excludes halogenated alkanes) is 4. The largest absolute Gasteiger partial charge is 0.462 e. The number of alkyl halides is 3. The van der Waals surface area contributed by atoms with Crippen molar-refractivity contribution in [2.45, 2.75) is 51.8 Å². The van der Waals surface area contributed by atoms with E-state index >= 15 is 0 Å². The molecule has 0 aliphatic rings. The zero-order chi connectivity index (χ0) is 22.0. The number of carbonyl (C=O) groups excluding carboxylic acids is 2. The molecule has 0 amide bonds. The third-order valence-electron chi connectivity index (χ3n) is 4.49. The summed E-state index contributed by atoms with van der Waals surface area (Å²) in [6, 6.07) is 10.3. The molecule has 0 bridgehead atoms. The van der Waals surface area contributed by atoms with E-state index in [0.29, 0.717) is 17.7 Å². The van der Waals surface area contributed by atoms with Crippen molar-refractivity contribution in [3.8, 4) is 0 Å². The number of hydrogen-bond donors (Lipinski definition) is 0. The van der Waals surface area contributed by atoms with Gasteiger partial charge in [0, 0.05) is 0 Å². The summed E-state index contributed by atoms with van der Waals surface area (Å²) in [5.41, 5.74) is 0.248. The van der Waals surface area contributed by atoms with Crippen LogP contribution in [0.15, 0.2) is 48.5 Å². The van der Waals surface area contributed by atoms with Gasteiger partial charge in [-0.05, 0) is 48.4 Å².